The van der Waals surface area contributed by atoms with Gasteiger partial charge in [0.2, 0.25) is 0 Å². The largest absolute Gasteiger partial charge is 0.495 e. The van der Waals surface area contributed by atoms with Crippen LogP contribution >= 0.6 is 0 Å². The van der Waals surface area contributed by atoms with E-state index in [1.165, 1.54) is 25.3 Å². The Labute approximate surface area is 151 Å². The SMILES string of the molecule is COc1ccccc1N(CC(=O)O)S(=O)(=O)c1ccc2ccccc2c1. The van der Waals surface area contributed by atoms with Crippen molar-refractivity contribution < 1.29 is 23.1 Å². The average molecular weight is 371 g/mol. The minimum absolute atomic E-state index is 0.0170. The van der Waals surface area contributed by atoms with Crippen molar-refractivity contribution in [1.82, 2.24) is 0 Å². The number of rotatable bonds is 6. The normalized spacial score (nSPS) is 11.3. The van der Waals surface area contributed by atoms with Crippen LogP contribution in [0.15, 0.2) is 71.6 Å². The smallest absolute Gasteiger partial charge is 0.324 e. The number of benzene rings is 3. The molecule has 0 unspecified atom stereocenters. The quantitative estimate of drug-likeness (QED) is 0.720. The summed E-state index contributed by atoms with van der Waals surface area (Å²) >= 11 is 0. The molecular formula is C19H17NO5S. The van der Waals surface area contributed by atoms with E-state index in [1.54, 1.807) is 30.3 Å². The molecule has 3 aromatic rings. The van der Waals surface area contributed by atoms with Crippen molar-refractivity contribution in [3.8, 4) is 5.75 Å². The first-order valence-electron chi connectivity index (χ1n) is 7.80. The van der Waals surface area contributed by atoms with Gasteiger partial charge in [0, 0.05) is 0 Å². The molecule has 0 atom stereocenters. The van der Waals surface area contributed by atoms with Gasteiger partial charge in [-0.3, -0.25) is 9.10 Å². The zero-order valence-corrected chi connectivity index (χ0v) is 14.8. The van der Waals surface area contributed by atoms with E-state index in [0.29, 0.717) is 0 Å². The highest BCUT2D eigenvalue weighted by Gasteiger charge is 2.29. The molecule has 0 amide bonds. The summed E-state index contributed by atoms with van der Waals surface area (Å²) in [7, 11) is -2.70. The van der Waals surface area contributed by atoms with Crippen LogP contribution in [0.1, 0.15) is 0 Å². The van der Waals surface area contributed by atoms with Gasteiger partial charge in [-0.15, -0.1) is 0 Å². The van der Waals surface area contributed by atoms with Crippen LogP contribution in [0, 0.1) is 0 Å². The first-order valence-corrected chi connectivity index (χ1v) is 9.24. The van der Waals surface area contributed by atoms with Crippen LogP contribution in [0.25, 0.3) is 10.8 Å². The molecule has 134 valence electrons. The van der Waals surface area contributed by atoms with E-state index < -0.39 is 22.5 Å². The van der Waals surface area contributed by atoms with Crippen LogP contribution in [-0.2, 0) is 14.8 Å². The molecule has 6 nitrogen and oxygen atoms in total. The molecule has 1 N–H and O–H groups in total. The Kier molecular flexibility index (Phi) is 4.81. The molecule has 0 aliphatic heterocycles. The van der Waals surface area contributed by atoms with E-state index in [9.17, 15) is 18.3 Å². The van der Waals surface area contributed by atoms with Gasteiger partial charge in [0.25, 0.3) is 10.0 Å². The Bertz CT molecular complexity index is 1060. The molecule has 0 bridgehead atoms. The van der Waals surface area contributed by atoms with E-state index >= 15 is 0 Å². The van der Waals surface area contributed by atoms with Crippen molar-refractivity contribution in [2.75, 3.05) is 18.0 Å². The molecule has 0 spiro atoms. The maximum Gasteiger partial charge on any atom is 0.324 e. The van der Waals surface area contributed by atoms with Gasteiger partial charge < -0.3 is 9.84 Å². The predicted octanol–water partition coefficient (Wildman–Crippen LogP) is 3.13. The molecule has 7 heteroatoms. The van der Waals surface area contributed by atoms with E-state index in [4.69, 9.17) is 4.74 Å². The van der Waals surface area contributed by atoms with E-state index in [0.717, 1.165) is 15.1 Å². The van der Waals surface area contributed by atoms with Crippen LogP contribution in [0.5, 0.6) is 5.75 Å². The summed E-state index contributed by atoms with van der Waals surface area (Å²) in [6.07, 6.45) is 0. The zero-order chi connectivity index (χ0) is 18.7. The summed E-state index contributed by atoms with van der Waals surface area (Å²) in [5.41, 5.74) is 0.172. The molecule has 0 saturated heterocycles. The van der Waals surface area contributed by atoms with Gasteiger partial charge in [0.1, 0.15) is 12.3 Å². The second-order valence-corrected chi connectivity index (χ2v) is 7.45. The third kappa shape index (κ3) is 3.34. The molecular weight excluding hydrogens is 354 g/mol. The Morgan fingerprint density at radius 3 is 2.35 bits per heavy atom. The standard InChI is InChI=1S/C19H17NO5S/c1-25-18-9-5-4-8-17(18)20(13-19(21)22)26(23,24)16-11-10-14-6-2-3-7-15(14)12-16/h2-12H,13H2,1H3,(H,21,22). The molecule has 0 heterocycles. The van der Waals surface area contributed by atoms with Gasteiger partial charge in [-0.2, -0.15) is 0 Å². The number of ether oxygens (including phenoxy) is 1. The van der Waals surface area contributed by atoms with Gasteiger partial charge in [0.05, 0.1) is 17.7 Å². The van der Waals surface area contributed by atoms with E-state index in [1.807, 2.05) is 18.2 Å². The van der Waals surface area contributed by atoms with Crippen molar-refractivity contribution >= 4 is 32.5 Å². The Hall–Kier alpha value is -3.06. The molecule has 0 saturated carbocycles. The third-order valence-corrected chi connectivity index (χ3v) is 5.70. The van der Waals surface area contributed by atoms with Gasteiger partial charge in [0.15, 0.2) is 0 Å². The second-order valence-electron chi connectivity index (χ2n) is 5.59. The lowest BCUT2D eigenvalue weighted by atomic mass is 10.1. The Balaban J connectivity index is 2.16. The summed E-state index contributed by atoms with van der Waals surface area (Å²) < 4.78 is 32.4. The number of carboxylic acids is 1. The van der Waals surface area contributed by atoms with Crippen molar-refractivity contribution in [1.29, 1.82) is 0 Å². The van der Waals surface area contributed by atoms with Gasteiger partial charge in [-0.05, 0) is 35.0 Å². The maximum absolute atomic E-state index is 13.2. The van der Waals surface area contributed by atoms with Crippen molar-refractivity contribution in [3.05, 3.63) is 66.7 Å². The maximum atomic E-state index is 13.2. The number of hydrogen-bond donors (Lipinski definition) is 1. The molecule has 3 rings (SSSR count). The fraction of sp³-hybridized carbons (Fsp3) is 0.105. The minimum Gasteiger partial charge on any atom is -0.495 e. The van der Waals surface area contributed by atoms with Gasteiger partial charge in [-0.25, -0.2) is 8.42 Å². The fourth-order valence-corrected chi connectivity index (χ4v) is 4.17. The van der Waals surface area contributed by atoms with Crippen LogP contribution in [0.2, 0.25) is 0 Å². The highest BCUT2D eigenvalue weighted by Crippen LogP contribution is 2.32. The van der Waals surface area contributed by atoms with Gasteiger partial charge >= 0.3 is 5.97 Å². The number of fused-ring (bicyclic) bond motifs is 1. The highest BCUT2D eigenvalue weighted by molar-refractivity contribution is 7.92. The van der Waals surface area contributed by atoms with Crippen molar-refractivity contribution in [2.45, 2.75) is 4.90 Å². The lowest BCUT2D eigenvalue weighted by Gasteiger charge is -2.24. The number of nitrogens with zero attached hydrogens (tertiary/aromatic N) is 1. The summed E-state index contributed by atoms with van der Waals surface area (Å²) in [4.78, 5) is 11.3. The number of anilines is 1. The molecule has 0 radical (unpaired) electrons. The van der Waals surface area contributed by atoms with Crippen LogP contribution in [0.3, 0.4) is 0 Å². The molecule has 3 aromatic carbocycles. The van der Waals surface area contributed by atoms with E-state index in [2.05, 4.69) is 0 Å². The lowest BCUT2D eigenvalue weighted by molar-refractivity contribution is -0.135. The van der Waals surface area contributed by atoms with Crippen LogP contribution < -0.4 is 9.04 Å². The number of sulfonamides is 1. The second kappa shape index (κ2) is 7.05. The topological polar surface area (TPSA) is 83.9 Å². The van der Waals surface area contributed by atoms with Crippen molar-refractivity contribution in [2.24, 2.45) is 0 Å². The number of methoxy groups -OCH3 is 1. The summed E-state index contributed by atoms with van der Waals surface area (Å²) in [5, 5.41) is 10.9. The summed E-state index contributed by atoms with van der Waals surface area (Å²) in [6, 6.07) is 18.5. The molecule has 0 aliphatic carbocycles. The molecule has 0 aromatic heterocycles. The number of hydrogen-bond acceptors (Lipinski definition) is 4. The molecule has 26 heavy (non-hydrogen) atoms. The Morgan fingerprint density at radius 2 is 1.65 bits per heavy atom. The van der Waals surface area contributed by atoms with Crippen molar-refractivity contribution in [3.63, 3.8) is 0 Å². The zero-order valence-electron chi connectivity index (χ0n) is 14.0. The van der Waals surface area contributed by atoms with Gasteiger partial charge in [-0.1, -0.05) is 42.5 Å². The summed E-state index contributed by atoms with van der Waals surface area (Å²) in [6.45, 7) is -0.713. The monoisotopic (exact) mass is 371 g/mol. The summed E-state index contributed by atoms with van der Waals surface area (Å²) in [5.74, 6) is -0.988. The first kappa shape index (κ1) is 17.8. The van der Waals surface area contributed by atoms with Crippen LogP contribution in [-0.4, -0.2) is 33.1 Å². The first-order chi connectivity index (χ1) is 12.4. The number of aliphatic carboxylic acids is 1. The number of para-hydroxylation sites is 2. The van der Waals surface area contributed by atoms with Crippen LogP contribution in [0.4, 0.5) is 5.69 Å². The minimum atomic E-state index is -4.10. The number of carboxylic acid groups (broad SMARTS) is 1. The third-order valence-electron chi connectivity index (χ3n) is 3.94. The Morgan fingerprint density at radius 1 is 1.00 bits per heavy atom. The average Bonchev–Trinajstić information content (AvgIpc) is 2.65. The fourth-order valence-electron chi connectivity index (χ4n) is 2.71. The van der Waals surface area contributed by atoms with E-state index in [-0.39, 0.29) is 16.3 Å². The lowest BCUT2D eigenvalue weighted by Crippen LogP contribution is -2.36. The highest BCUT2D eigenvalue weighted by atomic mass is 32.2. The predicted molar refractivity (Wildman–Crippen MR) is 99.1 cm³/mol. The molecule has 0 fully saturated rings. The molecule has 0 aliphatic rings. The number of carbonyl (C=O) groups is 1.